The monoisotopic (exact) mass is 487 g/mol. The van der Waals surface area contributed by atoms with Crippen LogP contribution in [0.25, 0.3) is 0 Å². The normalized spacial score (nSPS) is 10.8. The van der Waals surface area contributed by atoms with Gasteiger partial charge in [-0.3, -0.25) is 14.9 Å². The Kier molecular flexibility index (Phi) is 7.85. The molecule has 0 atom stereocenters. The summed E-state index contributed by atoms with van der Waals surface area (Å²) in [5.41, 5.74) is 0.0303. The second-order valence-electron chi connectivity index (χ2n) is 6.95. The number of halogens is 3. The first kappa shape index (κ1) is 24.7. The third-order valence-corrected chi connectivity index (χ3v) is 4.69. The molecule has 34 heavy (non-hydrogen) atoms. The van der Waals surface area contributed by atoms with Crippen molar-refractivity contribution < 1.29 is 27.5 Å². The lowest BCUT2D eigenvalue weighted by atomic mass is 10.1. The number of para-hydroxylation sites is 1. The van der Waals surface area contributed by atoms with Gasteiger partial charge >= 0.3 is 6.18 Å². The third kappa shape index (κ3) is 6.55. The van der Waals surface area contributed by atoms with Crippen LogP contribution in [0.5, 0.6) is 5.75 Å². The maximum atomic E-state index is 12.9. The number of amides is 2. The van der Waals surface area contributed by atoms with Gasteiger partial charge in [0.05, 0.1) is 17.7 Å². The summed E-state index contributed by atoms with van der Waals surface area (Å²) >= 11 is 5.19. The highest BCUT2D eigenvalue weighted by molar-refractivity contribution is 7.80. The molecule has 0 fully saturated rings. The van der Waals surface area contributed by atoms with Gasteiger partial charge in [-0.15, -0.1) is 0 Å². The zero-order valence-corrected chi connectivity index (χ0v) is 18.7. The summed E-state index contributed by atoms with van der Waals surface area (Å²) in [5, 5.41) is 7.79. The molecule has 3 N–H and O–H groups in total. The minimum atomic E-state index is -4.52. The molecule has 0 bridgehead atoms. The molecule has 0 heterocycles. The average Bonchev–Trinajstić information content (AvgIpc) is 2.79. The van der Waals surface area contributed by atoms with Crippen LogP contribution in [0.2, 0.25) is 0 Å². The van der Waals surface area contributed by atoms with Gasteiger partial charge in [0.25, 0.3) is 11.8 Å². The topological polar surface area (TPSA) is 79.5 Å². The van der Waals surface area contributed by atoms with E-state index >= 15 is 0 Å². The lowest BCUT2D eigenvalue weighted by Crippen LogP contribution is -2.34. The molecule has 3 rings (SSSR count). The molecule has 0 spiro atoms. The molecular formula is C24H20F3N3O3S. The first-order valence-electron chi connectivity index (χ1n) is 10.1. The van der Waals surface area contributed by atoms with Crippen molar-refractivity contribution in [2.75, 3.05) is 17.2 Å². The number of carbonyl (C=O) groups is 2. The van der Waals surface area contributed by atoms with Gasteiger partial charge in [-0.25, -0.2) is 0 Å². The van der Waals surface area contributed by atoms with Gasteiger partial charge in [0, 0.05) is 16.9 Å². The van der Waals surface area contributed by atoms with Crippen LogP contribution >= 0.6 is 12.2 Å². The van der Waals surface area contributed by atoms with E-state index in [0.717, 1.165) is 12.1 Å². The number of hydrogen-bond donors (Lipinski definition) is 3. The molecule has 10 heteroatoms. The van der Waals surface area contributed by atoms with E-state index in [9.17, 15) is 22.8 Å². The second kappa shape index (κ2) is 10.8. The van der Waals surface area contributed by atoms with Crippen LogP contribution in [0.4, 0.5) is 24.5 Å². The van der Waals surface area contributed by atoms with Crippen LogP contribution in [0, 0.1) is 0 Å². The molecule has 6 nitrogen and oxygen atoms in total. The maximum Gasteiger partial charge on any atom is 0.416 e. The number of hydrogen-bond acceptors (Lipinski definition) is 4. The van der Waals surface area contributed by atoms with Crippen molar-refractivity contribution in [1.29, 1.82) is 0 Å². The van der Waals surface area contributed by atoms with E-state index in [2.05, 4.69) is 16.0 Å². The Morgan fingerprint density at radius 2 is 1.56 bits per heavy atom. The molecule has 0 aliphatic heterocycles. The Hall–Kier alpha value is -3.92. The lowest BCUT2D eigenvalue weighted by molar-refractivity contribution is -0.137. The van der Waals surface area contributed by atoms with Gasteiger partial charge < -0.3 is 15.4 Å². The van der Waals surface area contributed by atoms with Gasteiger partial charge in [0.2, 0.25) is 0 Å². The van der Waals surface area contributed by atoms with Gasteiger partial charge in [-0.1, -0.05) is 24.3 Å². The first-order chi connectivity index (χ1) is 16.2. The van der Waals surface area contributed by atoms with Crippen molar-refractivity contribution >= 4 is 40.5 Å². The molecule has 0 aromatic heterocycles. The Bertz CT molecular complexity index is 1220. The SMILES string of the molecule is CCOc1ccccc1C(=O)NC(=S)Nc1cccc(C(=O)Nc2cccc(C(F)(F)F)c2)c1. The number of nitrogens with one attached hydrogen (secondary N) is 3. The maximum absolute atomic E-state index is 12.9. The van der Waals surface area contributed by atoms with Crippen LogP contribution in [-0.2, 0) is 6.18 Å². The fourth-order valence-corrected chi connectivity index (χ4v) is 3.19. The minimum Gasteiger partial charge on any atom is -0.493 e. The van der Waals surface area contributed by atoms with Crippen LogP contribution in [-0.4, -0.2) is 23.5 Å². The van der Waals surface area contributed by atoms with Gasteiger partial charge in [-0.2, -0.15) is 13.2 Å². The highest BCUT2D eigenvalue weighted by atomic mass is 32.1. The number of alkyl halides is 3. The molecule has 3 aromatic rings. The number of thiocarbonyl (C=S) groups is 1. The van der Waals surface area contributed by atoms with E-state index in [-0.39, 0.29) is 16.4 Å². The zero-order valence-electron chi connectivity index (χ0n) is 17.9. The summed E-state index contributed by atoms with van der Waals surface area (Å²) in [7, 11) is 0. The molecule has 176 valence electrons. The third-order valence-electron chi connectivity index (χ3n) is 4.49. The van der Waals surface area contributed by atoms with E-state index in [0.29, 0.717) is 23.6 Å². The Labute approximate surface area is 199 Å². The summed E-state index contributed by atoms with van der Waals surface area (Å²) in [5.74, 6) is -0.665. The minimum absolute atomic E-state index is 0.00765. The summed E-state index contributed by atoms with van der Waals surface area (Å²) in [6, 6.07) is 17.2. The van der Waals surface area contributed by atoms with E-state index in [1.165, 1.54) is 24.3 Å². The fraction of sp³-hybridized carbons (Fsp3) is 0.125. The molecule has 0 aliphatic carbocycles. The van der Waals surface area contributed by atoms with Crippen LogP contribution in [0.15, 0.2) is 72.8 Å². The Morgan fingerprint density at radius 3 is 2.26 bits per heavy atom. The van der Waals surface area contributed by atoms with Crippen molar-refractivity contribution in [2.45, 2.75) is 13.1 Å². The molecular weight excluding hydrogens is 467 g/mol. The van der Waals surface area contributed by atoms with Crippen molar-refractivity contribution in [3.8, 4) is 5.75 Å². The largest absolute Gasteiger partial charge is 0.493 e. The molecule has 0 aliphatic rings. The molecule has 0 saturated heterocycles. The van der Waals surface area contributed by atoms with Crippen LogP contribution in [0.1, 0.15) is 33.2 Å². The summed E-state index contributed by atoms with van der Waals surface area (Å²) in [4.78, 5) is 25.1. The number of ether oxygens (including phenoxy) is 1. The van der Waals surface area contributed by atoms with Crippen molar-refractivity contribution in [3.05, 3.63) is 89.5 Å². The van der Waals surface area contributed by atoms with Gasteiger partial charge in [-0.05, 0) is 67.7 Å². The molecule has 2 amide bonds. The van der Waals surface area contributed by atoms with E-state index in [1.807, 2.05) is 0 Å². The summed E-state index contributed by atoms with van der Waals surface area (Å²) in [6.07, 6.45) is -4.52. The number of rotatable bonds is 6. The van der Waals surface area contributed by atoms with E-state index in [1.54, 1.807) is 43.3 Å². The van der Waals surface area contributed by atoms with Gasteiger partial charge in [0.1, 0.15) is 5.75 Å². The Balaban J connectivity index is 1.66. The number of anilines is 2. The molecule has 0 saturated carbocycles. The van der Waals surface area contributed by atoms with Crippen molar-refractivity contribution in [1.82, 2.24) is 5.32 Å². The van der Waals surface area contributed by atoms with Crippen molar-refractivity contribution in [2.24, 2.45) is 0 Å². The van der Waals surface area contributed by atoms with E-state index in [4.69, 9.17) is 17.0 Å². The smallest absolute Gasteiger partial charge is 0.416 e. The first-order valence-corrected chi connectivity index (χ1v) is 10.5. The zero-order chi connectivity index (χ0) is 24.7. The average molecular weight is 488 g/mol. The van der Waals surface area contributed by atoms with Gasteiger partial charge in [0.15, 0.2) is 5.11 Å². The predicted octanol–water partition coefficient (Wildman–Crippen LogP) is 5.48. The summed E-state index contributed by atoms with van der Waals surface area (Å²) in [6.45, 7) is 2.19. The molecule has 0 radical (unpaired) electrons. The molecule has 0 unspecified atom stereocenters. The van der Waals surface area contributed by atoms with Crippen molar-refractivity contribution in [3.63, 3.8) is 0 Å². The fourth-order valence-electron chi connectivity index (χ4n) is 2.98. The number of carbonyl (C=O) groups excluding carboxylic acids is 2. The second-order valence-corrected chi connectivity index (χ2v) is 7.36. The quantitative estimate of drug-likeness (QED) is 0.401. The summed E-state index contributed by atoms with van der Waals surface area (Å²) < 4.78 is 44.1. The molecule has 3 aromatic carbocycles. The van der Waals surface area contributed by atoms with Crippen LogP contribution < -0.4 is 20.7 Å². The highest BCUT2D eigenvalue weighted by Gasteiger charge is 2.30. The highest BCUT2D eigenvalue weighted by Crippen LogP contribution is 2.30. The lowest BCUT2D eigenvalue weighted by Gasteiger charge is -2.13. The number of benzene rings is 3. The predicted molar refractivity (Wildman–Crippen MR) is 127 cm³/mol. The Morgan fingerprint density at radius 1 is 0.882 bits per heavy atom. The van der Waals surface area contributed by atoms with Crippen LogP contribution in [0.3, 0.4) is 0 Å². The standard InChI is InChI=1S/C24H20F3N3O3S/c1-2-33-20-12-4-3-11-19(20)22(32)30-23(34)29-17-9-5-7-15(13-17)21(31)28-18-10-6-8-16(14-18)24(25,26)27/h3-14H,2H2,1H3,(H,28,31)(H2,29,30,32,34). The van der Waals surface area contributed by atoms with E-state index < -0.39 is 23.6 Å².